The molecule has 4 rings (SSSR count). The highest BCUT2D eigenvalue weighted by atomic mass is 35.5. The molecular formula is C22H17ClN2O3. The summed E-state index contributed by atoms with van der Waals surface area (Å²) in [7, 11) is 0. The Balaban J connectivity index is 1.71. The van der Waals surface area contributed by atoms with Gasteiger partial charge in [0, 0.05) is 11.6 Å². The molecule has 3 aromatic carbocycles. The van der Waals surface area contributed by atoms with E-state index in [2.05, 4.69) is 5.10 Å². The fourth-order valence-electron chi connectivity index (χ4n) is 2.94. The molecule has 6 heteroatoms. The van der Waals surface area contributed by atoms with Gasteiger partial charge in [0.25, 0.3) is 0 Å². The minimum Gasteiger partial charge on any atom is -0.507 e. The average Bonchev–Trinajstić information content (AvgIpc) is 3.18. The molecule has 140 valence electrons. The molecule has 1 aromatic heterocycles. The Morgan fingerprint density at radius 1 is 0.893 bits per heavy atom. The maximum absolute atomic E-state index is 10.4. The minimum atomic E-state index is -0.138. The van der Waals surface area contributed by atoms with Crippen LogP contribution < -0.4 is 4.74 Å². The zero-order chi connectivity index (χ0) is 19.5. The zero-order valence-corrected chi connectivity index (χ0v) is 15.5. The van der Waals surface area contributed by atoms with Gasteiger partial charge in [-0.2, -0.15) is 5.10 Å². The Labute approximate surface area is 167 Å². The number of aromatic nitrogens is 2. The van der Waals surface area contributed by atoms with Gasteiger partial charge in [0.1, 0.15) is 12.4 Å². The topological polar surface area (TPSA) is 67.5 Å². The summed E-state index contributed by atoms with van der Waals surface area (Å²) in [5.41, 5.74) is 2.74. The average molecular weight is 393 g/mol. The first-order valence-corrected chi connectivity index (χ1v) is 9.03. The van der Waals surface area contributed by atoms with Crippen LogP contribution >= 0.6 is 11.6 Å². The van der Waals surface area contributed by atoms with E-state index in [0.29, 0.717) is 28.6 Å². The molecule has 0 radical (unpaired) electrons. The molecule has 0 aliphatic heterocycles. The summed E-state index contributed by atoms with van der Waals surface area (Å²) >= 11 is 6.30. The molecule has 4 aromatic rings. The zero-order valence-electron chi connectivity index (χ0n) is 14.8. The number of hydrogen-bond acceptors (Lipinski definition) is 4. The molecule has 5 nitrogen and oxygen atoms in total. The number of phenolic OH excluding ortho intramolecular Hbond substituents is 2. The third-order valence-corrected chi connectivity index (χ3v) is 4.63. The fraction of sp³-hybridized carbons (Fsp3) is 0.0455. The fourth-order valence-corrected chi connectivity index (χ4v) is 3.15. The lowest BCUT2D eigenvalue weighted by Crippen LogP contribution is -2.00. The summed E-state index contributed by atoms with van der Waals surface area (Å²) in [6.45, 7) is 0.294. The monoisotopic (exact) mass is 392 g/mol. The Morgan fingerprint density at radius 2 is 1.64 bits per heavy atom. The van der Waals surface area contributed by atoms with Crippen LogP contribution in [0.4, 0.5) is 0 Å². The number of aromatic hydroxyl groups is 2. The highest BCUT2D eigenvalue weighted by molar-refractivity contribution is 6.32. The first-order chi connectivity index (χ1) is 13.6. The molecule has 0 aliphatic rings. The second kappa shape index (κ2) is 7.66. The van der Waals surface area contributed by atoms with Crippen LogP contribution in [0.5, 0.6) is 17.2 Å². The largest absolute Gasteiger partial charge is 0.507 e. The van der Waals surface area contributed by atoms with Gasteiger partial charge in [-0.15, -0.1) is 0 Å². The smallest absolute Gasteiger partial charge is 0.162 e. The van der Waals surface area contributed by atoms with Crippen LogP contribution in [0.15, 0.2) is 79.0 Å². The molecule has 0 bridgehead atoms. The minimum absolute atomic E-state index is 0.0848. The molecule has 0 fully saturated rings. The van der Waals surface area contributed by atoms with Crippen molar-refractivity contribution >= 4 is 11.6 Å². The number of para-hydroxylation sites is 1. The molecule has 0 spiro atoms. The first kappa shape index (κ1) is 17.9. The van der Waals surface area contributed by atoms with Crippen molar-refractivity contribution in [2.75, 3.05) is 0 Å². The predicted octanol–water partition coefficient (Wildman–Crippen LogP) is 5.18. The van der Waals surface area contributed by atoms with Crippen LogP contribution in [-0.4, -0.2) is 20.0 Å². The summed E-state index contributed by atoms with van der Waals surface area (Å²) < 4.78 is 7.40. The highest BCUT2D eigenvalue weighted by Gasteiger charge is 2.17. The SMILES string of the molecule is Oc1cc(O)c(-c2ccnn2-c2ccccc2Cl)cc1OCc1ccccc1. The molecule has 0 atom stereocenters. The van der Waals surface area contributed by atoms with Crippen LogP contribution in [0.1, 0.15) is 5.56 Å². The van der Waals surface area contributed by atoms with Crippen molar-refractivity contribution in [1.82, 2.24) is 9.78 Å². The summed E-state index contributed by atoms with van der Waals surface area (Å²) in [6.07, 6.45) is 1.62. The van der Waals surface area contributed by atoms with E-state index >= 15 is 0 Å². The summed E-state index contributed by atoms with van der Waals surface area (Å²) in [5.74, 6) is 0.0444. The maximum Gasteiger partial charge on any atom is 0.162 e. The number of halogens is 1. The second-order valence-electron chi connectivity index (χ2n) is 6.19. The number of hydrogen-bond donors (Lipinski definition) is 2. The molecule has 0 saturated carbocycles. The molecule has 1 heterocycles. The molecule has 0 unspecified atom stereocenters. The van der Waals surface area contributed by atoms with Crippen molar-refractivity contribution in [2.24, 2.45) is 0 Å². The van der Waals surface area contributed by atoms with Crippen molar-refractivity contribution < 1.29 is 14.9 Å². The van der Waals surface area contributed by atoms with E-state index in [-0.39, 0.29) is 17.2 Å². The van der Waals surface area contributed by atoms with Crippen LogP contribution in [0.25, 0.3) is 16.9 Å². The molecular weight excluding hydrogens is 376 g/mol. The van der Waals surface area contributed by atoms with Crippen LogP contribution in [0.3, 0.4) is 0 Å². The van der Waals surface area contributed by atoms with Gasteiger partial charge in [0.05, 0.1) is 22.6 Å². The van der Waals surface area contributed by atoms with Crippen LogP contribution in [-0.2, 0) is 6.61 Å². The van der Waals surface area contributed by atoms with Gasteiger partial charge in [0.2, 0.25) is 0 Å². The van der Waals surface area contributed by atoms with E-state index in [9.17, 15) is 10.2 Å². The van der Waals surface area contributed by atoms with Gasteiger partial charge in [-0.25, -0.2) is 4.68 Å². The Hall–Kier alpha value is -3.44. The number of benzene rings is 3. The van der Waals surface area contributed by atoms with Crippen molar-refractivity contribution in [3.8, 4) is 34.2 Å². The van der Waals surface area contributed by atoms with Crippen LogP contribution in [0.2, 0.25) is 5.02 Å². The normalized spacial score (nSPS) is 10.8. The van der Waals surface area contributed by atoms with E-state index in [0.717, 1.165) is 5.56 Å². The van der Waals surface area contributed by atoms with Crippen molar-refractivity contribution in [2.45, 2.75) is 6.61 Å². The van der Waals surface area contributed by atoms with Gasteiger partial charge in [-0.3, -0.25) is 0 Å². The second-order valence-corrected chi connectivity index (χ2v) is 6.60. The molecule has 0 amide bonds. The first-order valence-electron chi connectivity index (χ1n) is 8.65. The van der Waals surface area contributed by atoms with Gasteiger partial charge >= 0.3 is 0 Å². The summed E-state index contributed by atoms with van der Waals surface area (Å²) in [6, 6.07) is 21.6. The van der Waals surface area contributed by atoms with E-state index in [1.807, 2.05) is 48.5 Å². The van der Waals surface area contributed by atoms with E-state index in [1.165, 1.54) is 6.07 Å². The van der Waals surface area contributed by atoms with Crippen molar-refractivity contribution in [1.29, 1.82) is 0 Å². The lowest BCUT2D eigenvalue weighted by atomic mass is 10.1. The maximum atomic E-state index is 10.4. The standard InChI is InChI=1S/C22H17ClN2O3/c23-17-8-4-5-9-19(17)25-18(10-11-24-25)16-12-22(21(27)13-20(16)26)28-14-15-6-2-1-3-7-15/h1-13,26-27H,14H2. The van der Waals surface area contributed by atoms with Gasteiger partial charge in [-0.1, -0.05) is 54.1 Å². The number of ether oxygens (including phenoxy) is 1. The lowest BCUT2D eigenvalue weighted by molar-refractivity contribution is 0.288. The van der Waals surface area contributed by atoms with Crippen LogP contribution in [0, 0.1) is 0 Å². The third-order valence-electron chi connectivity index (χ3n) is 4.31. The predicted molar refractivity (Wildman–Crippen MR) is 108 cm³/mol. The quantitative estimate of drug-likeness (QED) is 0.491. The van der Waals surface area contributed by atoms with Gasteiger partial charge in [0.15, 0.2) is 11.5 Å². The van der Waals surface area contributed by atoms with Crippen molar-refractivity contribution in [3.05, 3.63) is 89.6 Å². The third kappa shape index (κ3) is 3.52. The summed E-state index contributed by atoms with van der Waals surface area (Å²) in [5, 5.41) is 25.5. The lowest BCUT2D eigenvalue weighted by Gasteiger charge is -2.14. The van der Waals surface area contributed by atoms with Gasteiger partial charge in [-0.05, 0) is 29.8 Å². The Kier molecular flexibility index (Phi) is 4.91. The summed E-state index contributed by atoms with van der Waals surface area (Å²) in [4.78, 5) is 0. The van der Waals surface area contributed by atoms with E-state index in [1.54, 1.807) is 29.1 Å². The molecule has 0 aliphatic carbocycles. The molecule has 28 heavy (non-hydrogen) atoms. The Morgan fingerprint density at radius 3 is 2.43 bits per heavy atom. The number of rotatable bonds is 5. The number of nitrogens with zero attached hydrogens (tertiary/aromatic N) is 2. The molecule has 2 N–H and O–H groups in total. The Bertz CT molecular complexity index is 1110. The molecule has 0 saturated heterocycles. The number of phenols is 2. The van der Waals surface area contributed by atoms with E-state index in [4.69, 9.17) is 16.3 Å². The van der Waals surface area contributed by atoms with Crippen molar-refractivity contribution in [3.63, 3.8) is 0 Å². The highest BCUT2D eigenvalue weighted by Crippen LogP contribution is 2.40. The van der Waals surface area contributed by atoms with Gasteiger partial charge < -0.3 is 14.9 Å². The van der Waals surface area contributed by atoms with E-state index < -0.39 is 0 Å².